The molecule has 0 spiro atoms. The monoisotopic (exact) mass is 827 g/mol. The van der Waals surface area contributed by atoms with E-state index in [0.717, 1.165) is 50.1 Å². The van der Waals surface area contributed by atoms with Gasteiger partial charge in [0, 0.05) is 27.8 Å². The molecule has 304 valence electrons. The lowest BCUT2D eigenvalue weighted by Crippen LogP contribution is -2.28. The van der Waals surface area contributed by atoms with Crippen LogP contribution in [0.3, 0.4) is 0 Å². The maximum Gasteiger partial charge on any atom is 0.135 e. The first-order valence-electron chi connectivity index (χ1n) is 22.4. The zero-order valence-electron chi connectivity index (χ0n) is 35.5. The van der Waals surface area contributed by atoms with Crippen LogP contribution in [0.1, 0.15) is 22.3 Å². The predicted octanol–water partition coefficient (Wildman–Crippen LogP) is 17.1. The third kappa shape index (κ3) is 5.81. The lowest BCUT2D eigenvalue weighted by Gasteiger charge is -2.34. The Kier molecular flexibility index (Phi) is 8.47. The highest BCUT2D eigenvalue weighted by atomic mass is 16.3. The Labute approximate surface area is 377 Å². The minimum absolute atomic E-state index is 0.466. The fraction of sp³-hybridized carbons (Fsp3) is 0.0159. The quantitative estimate of drug-likeness (QED) is 0.149. The van der Waals surface area contributed by atoms with Gasteiger partial charge >= 0.3 is 0 Å². The Morgan fingerprint density at radius 2 is 0.862 bits per heavy atom. The van der Waals surface area contributed by atoms with Crippen molar-refractivity contribution in [2.24, 2.45) is 0 Å². The molecule has 11 aromatic carbocycles. The Morgan fingerprint density at radius 3 is 1.63 bits per heavy atom. The van der Waals surface area contributed by atoms with E-state index in [-0.39, 0.29) is 0 Å². The van der Waals surface area contributed by atoms with Gasteiger partial charge in [0.1, 0.15) is 11.2 Å². The van der Waals surface area contributed by atoms with Gasteiger partial charge in [-0.25, -0.2) is 0 Å². The molecule has 1 aromatic heterocycles. The van der Waals surface area contributed by atoms with Crippen LogP contribution in [-0.4, -0.2) is 0 Å². The molecule has 0 saturated carbocycles. The van der Waals surface area contributed by atoms with Crippen molar-refractivity contribution in [2.75, 3.05) is 4.90 Å². The maximum atomic E-state index is 6.18. The topological polar surface area (TPSA) is 16.4 Å². The molecule has 0 bridgehead atoms. The number of anilines is 3. The van der Waals surface area contributed by atoms with E-state index in [1.165, 1.54) is 66.1 Å². The second-order valence-electron chi connectivity index (χ2n) is 17.2. The summed E-state index contributed by atoms with van der Waals surface area (Å²) in [7, 11) is 0. The molecular formula is C63H41NO. The van der Waals surface area contributed by atoms with Gasteiger partial charge < -0.3 is 9.32 Å². The minimum atomic E-state index is -0.466. The molecule has 0 N–H and O–H groups in total. The molecular weight excluding hydrogens is 787 g/mol. The molecule has 2 heteroatoms. The summed E-state index contributed by atoms with van der Waals surface area (Å²) in [5.74, 6) is 0. The van der Waals surface area contributed by atoms with Gasteiger partial charge in [-0.2, -0.15) is 0 Å². The van der Waals surface area contributed by atoms with Gasteiger partial charge in [-0.1, -0.05) is 194 Å². The van der Waals surface area contributed by atoms with Gasteiger partial charge in [-0.05, 0) is 132 Å². The highest BCUT2D eigenvalue weighted by molar-refractivity contribution is 6.12. The summed E-state index contributed by atoms with van der Waals surface area (Å²) in [5.41, 5.74) is 16.9. The molecule has 1 heterocycles. The van der Waals surface area contributed by atoms with Crippen molar-refractivity contribution in [1.29, 1.82) is 0 Å². The molecule has 0 amide bonds. The van der Waals surface area contributed by atoms with Gasteiger partial charge in [0.05, 0.1) is 5.41 Å². The number of benzene rings is 11. The van der Waals surface area contributed by atoms with Crippen LogP contribution in [0.25, 0.3) is 76.9 Å². The van der Waals surface area contributed by atoms with Crippen LogP contribution in [0.5, 0.6) is 0 Å². The molecule has 2 nitrogen and oxygen atoms in total. The summed E-state index contributed by atoms with van der Waals surface area (Å²) in [6.07, 6.45) is 0. The van der Waals surface area contributed by atoms with Crippen molar-refractivity contribution in [3.8, 4) is 33.4 Å². The molecule has 1 aliphatic rings. The average Bonchev–Trinajstić information content (AvgIpc) is 3.90. The molecule has 0 saturated heterocycles. The van der Waals surface area contributed by atoms with E-state index in [1.807, 2.05) is 12.1 Å². The van der Waals surface area contributed by atoms with Gasteiger partial charge in [-0.3, -0.25) is 0 Å². The number of rotatable bonds is 7. The third-order valence-electron chi connectivity index (χ3n) is 13.8. The van der Waals surface area contributed by atoms with Crippen molar-refractivity contribution >= 4 is 60.5 Å². The highest BCUT2D eigenvalue weighted by Gasteiger charge is 2.46. The summed E-state index contributed by atoms with van der Waals surface area (Å²) in [6.45, 7) is 0. The summed E-state index contributed by atoms with van der Waals surface area (Å²) in [4.78, 5) is 2.41. The highest BCUT2D eigenvalue weighted by Crippen LogP contribution is 2.57. The lowest BCUT2D eigenvalue weighted by atomic mass is 9.68. The number of para-hydroxylation sites is 1. The zero-order chi connectivity index (χ0) is 42.9. The molecule has 0 radical (unpaired) electrons. The number of furan rings is 1. The minimum Gasteiger partial charge on any atom is -0.456 e. The first kappa shape index (κ1) is 37.1. The SMILES string of the molecule is c1ccc(C2(c3ccccc3)c3ccccc3-c3cc(N(c4ccc(-c5ccc6oc7ccccc7c6c5)cc4)c4ccc(-c5cccc6c5ccc5ccccc56)cc4)ccc32)cc1. The molecule has 1 aliphatic carbocycles. The average molecular weight is 828 g/mol. The van der Waals surface area contributed by atoms with Gasteiger partial charge in [0.25, 0.3) is 0 Å². The van der Waals surface area contributed by atoms with Crippen LogP contribution in [-0.2, 0) is 5.41 Å². The Bertz CT molecular complexity index is 3710. The van der Waals surface area contributed by atoms with Crippen LogP contribution in [0, 0.1) is 0 Å². The first-order valence-corrected chi connectivity index (χ1v) is 22.4. The standard InChI is InChI=1S/C63H41NO/c1-3-15-46(16-4-1)63(47-17-5-2-6-18-47)59-24-11-9-20-55(59)57-41-50(36-38-60(57)63)64(48-32-26-42(27-33-48)45-31-39-62-58(40-45)56-21-10-12-25-61(56)65-62)49-34-28-44(29-35-49)52-22-13-23-53-51-19-8-7-14-43(51)30-37-54(52)53/h1-41H. The zero-order valence-corrected chi connectivity index (χ0v) is 35.5. The van der Waals surface area contributed by atoms with Crippen molar-refractivity contribution in [2.45, 2.75) is 5.41 Å². The van der Waals surface area contributed by atoms with E-state index in [9.17, 15) is 0 Å². The van der Waals surface area contributed by atoms with E-state index in [0.29, 0.717) is 0 Å². The fourth-order valence-electron chi connectivity index (χ4n) is 10.8. The predicted molar refractivity (Wildman–Crippen MR) is 272 cm³/mol. The van der Waals surface area contributed by atoms with E-state index in [2.05, 4.69) is 241 Å². The Morgan fingerprint density at radius 1 is 0.292 bits per heavy atom. The van der Waals surface area contributed by atoms with Crippen molar-refractivity contribution in [3.05, 3.63) is 271 Å². The maximum absolute atomic E-state index is 6.18. The van der Waals surface area contributed by atoms with Crippen LogP contribution >= 0.6 is 0 Å². The molecule has 0 aliphatic heterocycles. The van der Waals surface area contributed by atoms with Crippen LogP contribution in [0.2, 0.25) is 0 Å². The second-order valence-corrected chi connectivity index (χ2v) is 17.2. The summed E-state index contributed by atoms with van der Waals surface area (Å²) >= 11 is 0. The molecule has 0 atom stereocenters. The third-order valence-corrected chi connectivity index (χ3v) is 13.8. The number of hydrogen-bond donors (Lipinski definition) is 0. The normalized spacial score (nSPS) is 12.7. The Hall–Kier alpha value is -8.46. The number of fused-ring (bicyclic) bond motifs is 9. The van der Waals surface area contributed by atoms with Crippen LogP contribution in [0.4, 0.5) is 17.1 Å². The molecule has 65 heavy (non-hydrogen) atoms. The summed E-state index contributed by atoms with van der Waals surface area (Å²) < 4.78 is 6.18. The second kappa shape index (κ2) is 14.8. The number of nitrogens with zero attached hydrogens (tertiary/aromatic N) is 1. The molecule has 12 aromatic rings. The van der Waals surface area contributed by atoms with E-state index in [4.69, 9.17) is 4.42 Å². The largest absolute Gasteiger partial charge is 0.456 e. The smallest absolute Gasteiger partial charge is 0.135 e. The van der Waals surface area contributed by atoms with E-state index >= 15 is 0 Å². The van der Waals surface area contributed by atoms with Crippen LogP contribution < -0.4 is 4.90 Å². The molecule has 0 unspecified atom stereocenters. The van der Waals surface area contributed by atoms with Crippen molar-refractivity contribution in [1.82, 2.24) is 0 Å². The fourth-order valence-corrected chi connectivity index (χ4v) is 10.8. The van der Waals surface area contributed by atoms with Crippen molar-refractivity contribution < 1.29 is 4.42 Å². The first-order chi connectivity index (χ1) is 32.2. The van der Waals surface area contributed by atoms with Gasteiger partial charge in [0.2, 0.25) is 0 Å². The van der Waals surface area contributed by atoms with Gasteiger partial charge in [0.15, 0.2) is 0 Å². The van der Waals surface area contributed by atoms with Crippen molar-refractivity contribution in [3.63, 3.8) is 0 Å². The molecule has 13 rings (SSSR count). The van der Waals surface area contributed by atoms with E-state index in [1.54, 1.807) is 0 Å². The van der Waals surface area contributed by atoms with Gasteiger partial charge in [-0.15, -0.1) is 0 Å². The summed E-state index contributed by atoms with van der Waals surface area (Å²) in [6, 6.07) is 90.9. The molecule has 0 fully saturated rings. The number of hydrogen-bond acceptors (Lipinski definition) is 2. The lowest BCUT2D eigenvalue weighted by molar-refractivity contribution is 0.669. The Balaban J connectivity index is 0.967. The van der Waals surface area contributed by atoms with Crippen LogP contribution in [0.15, 0.2) is 253 Å². The van der Waals surface area contributed by atoms with E-state index < -0.39 is 5.41 Å². The summed E-state index contributed by atoms with van der Waals surface area (Å²) in [5, 5.41) is 7.32.